The van der Waals surface area contributed by atoms with Gasteiger partial charge in [-0.05, 0) is 43.2 Å². The molecular weight excluding hydrogens is 464 g/mol. The molecule has 0 atom stereocenters. The number of ether oxygens (including phenoxy) is 3. The zero-order chi connectivity index (χ0) is 25.9. The summed E-state index contributed by atoms with van der Waals surface area (Å²) in [7, 11) is 3.18. The summed E-state index contributed by atoms with van der Waals surface area (Å²) >= 11 is 0. The SMILES string of the molecule is CCOC(=O)CCC(=O)N1CCN(c2ncccc2C(=O)NCCc2ccc(OC)c(OC)c2)CC1. The van der Waals surface area contributed by atoms with Crippen molar-refractivity contribution in [3.8, 4) is 11.5 Å². The van der Waals surface area contributed by atoms with Crippen molar-refractivity contribution >= 4 is 23.6 Å². The maximum Gasteiger partial charge on any atom is 0.306 e. The molecule has 0 saturated carbocycles. The minimum atomic E-state index is -0.361. The lowest BCUT2D eigenvalue weighted by Gasteiger charge is -2.36. The van der Waals surface area contributed by atoms with Crippen molar-refractivity contribution < 1.29 is 28.6 Å². The number of nitrogens with one attached hydrogen (secondary N) is 1. The first-order valence-electron chi connectivity index (χ1n) is 12.1. The molecule has 1 aliphatic rings. The van der Waals surface area contributed by atoms with E-state index in [1.165, 1.54) is 0 Å². The quantitative estimate of drug-likeness (QED) is 0.469. The van der Waals surface area contributed by atoms with Gasteiger partial charge in [0.2, 0.25) is 5.91 Å². The molecule has 2 heterocycles. The smallest absolute Gasteiger partial charge is 0.306 e. The third-order valence-electron chi connectivity index (χ3n) is 5.96. The summed E-state index contributed by atoms with van der Waals surface area (Å²) in [5, 5.41) is 2.97. The minimum absolute atomic E-state index is 0.0724. The first-order valence-corrected chi connectivity index (χ1v) is 12.1. The molecular formula is C26H34N4O6. The number of methoxy groups -OCH3 is 2. The fourth-order valence-corrected chi connectivity index (χ4v) is 4.05. The Morgan fingerprint density at radius 1 is 1.00 bits per heavy atom. The van der Waals surface area contributed by atoms with E-state index >= 15 is 0 Å². The van der Waals surface area contributed by atoms with Crippen molar-refractivity contribution in [2.24, 2.45) is 0 Å². The number of esters is 1. The molecule has 1 aromatic heterocycles. The summed E-state index contributed by atoms with van der Waals surface area (Å²) in [6, 6.07) is 9.17. The van der Waals surface area contributed by atoms with Gasteiger partial charge in [0.15, 0.2) is 11.5 Å². The molecule has 2 aromatic rings. The van der Waals surface area contributed by atoms with Gasteiger partial charge >= 0.3 is 5.97 Å². The molecule has 1 N–H and O–H groups in total. The number of rotatable bonds is 11. The summed E-state index contributed by atoms with van der Waals surface area (Å²) in [4.78, 5) is 45.1. The largest absolute Gasteiger partial charge is 0.493 e. The Morgan fingerprint density at radius 3 is 2.44 bits per heavy atom. The Kier molecular flexibility index (Phi) is 9.91. The van der Waals surface area contributed by atoms with Gasteiger partial charge in [-0.2, -0.15) is 0 Å². The van der Waals surface area contributed by atoms with Crippen LogP contribution in [0.5, 0.6) is 11.5 Å². The van der Waals surface area contributed by atoms with Crippen molar-refractivity contribution in [1.29, 1.82) is 0 Å². The summed E-state index contributed by atoms with van der Waals surface area (Å²) in [5.74, 6) is 1.27. The molecule has 0 bridgehead atoms. The Morgan fingerprint density at radius 2 is 1.75 bits per heavy atom. The lowest BCUT2D eigenvalue weighted by molar-refractivity contribution is -0.145. The van der Waals surface area contributed by atoms with Crippen LogP contribution in [0.25, 0.3) is 0 Å². The zero-order valence-electron chi connectivity index (χ0n) is 21.1. The molecule has 10 nitrogen and oxygen atoms in total. The number of amides is 2. The van der Waals surface area contributed by atoms with E-state index in [4.69, 9.17) is 14.2 Å². The van der Waals surface area contributed by atoms with Crippen LogP contribution in [0.4, 0.5) is 5.82 Å². The summed E-state index contributed by atoms with van der Waals surface area (Å²) in [6.45, 7) is 4.59. The van der Waals surface area contributed by atoms with Crippen LogP contribution in [0.3, 0.4) is 0 Å². The maximum atomic E-state index is 13.0. The molecule has 1 fully saturated rings. The number of nitrogens with zero attached hydrogens (tertiary/aromatic N) is 3. The molecule has 0 radical (unpaired) electrons. The third-order valence-corrected chi connectivity index (χ3v) is 5.96. The molecule has 1 saturated heterocycles. The van der Waals surface area contributed by atoms with E-state index in [-0.39, 0.29) is 30.6 Å². The van der Waals surface area contributed by atoms with Gasteiger partial charge in [-0.3, -0.25) is 14.4 Å². The van der Waals surface area contributed by atoms with Gasteiger partial charge in [0, 0.05) is 45.3 Å². The van der Waals surface area contributed by atoms with Gasteiger partial charge in [0.25, 0.3) is 5.91 Å². The second-order valence-electron chi connectivity index (χ2n) is 8.24. The molecule has 2 amide bonds. The second-order valence-corrected chi connectivity index (χ2v) is 8.24. The number of carbonyl (C=O) groups is 3. The van der Waals surface area contributed by atoms with Crippen LogP contribution < -0.4 is 19.7 Å². The first kappa shape index (κ1) is 26.8. The molecule has 36 heavy (non-hydrogen) atoms. The average molecular weight is 499 g/mol. The zero-order valence-corrected chi connectivity index (χ0v) is 21.1. The highest BCUT2D eigenvalue weighted by Crippen LogP contribution is 2.27. The number of hydrogen-bond donors (Lipinski definition) is 1. The number of aromatic nitrogens is 1. The highest BCUT2D eigenvalue weighted by atomic mass is 16.5. The van der Waals surface area contributed by atoms with E-state index in [1.807, 2.05) is 23.1 Å². The monoisotopic (exact) mass is 498 g/mol. The predicted octanol–water partition coefficient (Wildman–Crippen LogP) is 2.06. The number of hydrogen-bond acceptors (Lipinski definition) is 8. The van der Waals surface area contributed by atoms with Gasteiger partial charge in [-0.15, -0.1) is 0 Å². The summed E-state index contributed by atoms with van der Waals surface area (Å²) in [5.41, 5.74) is 1.51. The van der Waals surface area contributed by atoms with Gasteiger partial charge < -0.3 is 29.3 Å². The van der Waals surface area contributed by atoms with E-state index in [1.54, 1.807) is 44.4 Å². The van der Waals surface area contributed by atoms with E-state index in [0.717, 1.165) is 5.56 Å². The second kappa shape index (κ2) is 13.3. The van der Waals surface area contributed by atoms with Crippen LogP contribution in [0, 0.1) is 0 Å². The van der Waals surface area contributed by atoms with Crippen LogP contribution in [-0.2, 0) is 20.7 Å². The van der Waals surface area contributed by atoms with Gasteiger partial charge in [0.05, 0.1) is 32.8 Å². The van der Waals surface area contributed by atoms with Crippen molar-refractivity contribution in [2.75, 3.05) is 58.5 Å². The lowest BCUT2D eigenvalue weighted by Crippen LogP contribution is -2.49. The molecule has 0 spiro atoms. The third kappa shape index (κ3) is 7.10. The molecule has 1 aliphatic heterocycles. The van der Waals surface area contributed by atoms with Gasteiger partial charge in [-0.1, -0.05) is 6.07 Å². The molecule has 194 valence electrons. The highest BCUT2D eigenvalue weighted by molar-refractivity contribution is 5.99. The number of carbonyl (C=O) groups excluding carboxylic acids is 3. The minimum Gasteiger partial charge on any atom is -0.493 e. The van der Waals surface area contributed by atoms with Crippen molar-refractivity contribution in [3.63, 3.8) is 0 Å². The maximum absolute atomic E-state index is 13.0. The van der Waals surface area contributed by atoms with Crippen LogP contribution in [0.15, 0.2) is 36.5 Å². The van der Waals surface area contributed by atoms with Gasteiger partial charge in [0.1, 0.15) is 5.82 Å². The number of pyridine rings is 1. The first-order chi connectivity index (χ1) is 17.5. The molecule has 3 rings (SSSR count). The lowest BCUT2D eigenvalue weighted by atomic mass is 10.1. The van der Waals surface area contributed by atoms with E-state index in [0.29, 0.717) is 68.6 Å². The summed E-state index contributed by atoms with van der Waals surface area (Å²) < 4.78 is 15.5. The normalized spacial score (nSPS) is 13.2. The number of anilines is 1. The Labute approximate surface area is 211 Å². The van der Waals surface area contributed by atoms with Crippen LogP contribution in [0.1, 0.15) is 35.7 Å². The fourth-order valence-electron chi connectivity index (χ4n) is 4.05. The molecule has 10 heteroatoms. The molecule has 0 aliphatic carbocycles. The Hall–Kier alpha value is -3.82. The van der Waals surface area contributed by atoms with E-state index < -0.39 is 0 Å². The van der Waals surface area contributed by atoms with E-state index in [9.17, 15) is 14.4 Å². The predicted molar refractivity (Wildman–Crippen MR) is 134 cm³/mol. The Balaban J connectivity index is 1.53. The Bertz CT molecular complexity index is 1050. The number of piperazine rings is 1. The summed E-state index contributed by atoms with van der Waals surface area (Å²) in [6.07, 6.45) is 2.51. The molecule has 1 aromatic carbocycles. The average Bonchev–Trinajstić information content (AvgIpc) is 2.91. The molecule has 0 unspecified atom stereocenters. The van der Waals surface area contributed by atoms with Crippen molar-refractivity contribution in [2.45, 2.75) is 26.2 Å². The fraction of sp³-hybridized carbons (Fsp3) is 0.462. The van der Waals surface area contributed by atoms with Crippen LogP contribution in [0.2, 0.25) is 0 Å². The highest BCUT2D eigenvalue weighted by Gasteiger charge is 2.25. The van der Waals surface area contributed by atoms with Crippen molar-refractivity contribution in [1.82, 2.24) is 15.2 Å². The van der Waals surface area contributed by atoms with Crippen molar-refractivity contribution in [3.05, 3.63) is 47.7 Å². The van der Waals surface area contributed by atoms with Crippen LogP contribution in [-0.4, -0.2) is 81.2 Å². The number of benzene rings is 1. The van der Waals surface area contributed by atoms with Gasteiger partial charge in [-0.25, -0.2) is 4.98 Å². The standard InChI is InChI=1S/C26H34N4O6/c1-4-36-24(32)10-9-23(31)29-14-16-30(17-15-29)25-20(6-5-12-27-25)26(33)28-13-11-19-7-8-21(34-2)22(18-19)35-3/h5-8,12,18H,4,9-11,13-17H2,1-3H3,(H,28,33). The van der Waals surface area contributed by atoms with E-state index in [2.05, 4.69) is 10.3 Å². The van der Waals surface area contributed by atoms with Crippen LogP contribution >= 0.6 is 0 Å². The topological polar surface area (TPSA) is 110 Å².